The Morgan fingerprint density at radius 3 is 1.77 bits per heavy atom. The van der Waals surface area contributed by atoms with Crippen molar-refractivity contribution in [2.45, 2.75) is 32.1 Å². The molecule has 2 aromatic rings. The molecule has 0 unspecified atom stereocenters. The Balaban J connectivity index is 0.000000512. The third kappa shape index (κ3) is 12.1. The first-order valence-electron chi connectivity index (χ1n) is 10.3. The van der Waals surface area contributed by atoms with Crippen molar-refractivity contribution >= 4 is 17.7 Å². The van der Waals surface area contributed by atoms with Crippen molar-refractivity contribution in [1.82, 2.24) is 4.90 Å². The van der Waals surface area contributed by atoms with Crippen LogP contribution in [-0.4, -0.2) is 53.5 Å². The van der Waals surface area contributed by atoms with E-state index in [1.54, 1.807) is 0 Å². The van der Waals surface area contributed by atoms with Crippen molar-refractivity contribution in [3.05, 3.63) is 83.4 Å². The minimum absolute atomic E-state index is 0.0980. The van der Waals surface area contributed by atoms with E-state index in [4.69, 9.17) is 10.2 Å². The van der Waals surface area contributed by atoms with Gasteiger partial charge in [-0.05, 0) is 45.5 Å². The number of aliphatic carboxylic acids is 2. The molecule has 0 atom stereocenters. The second kappa shape index (κ2) is 14.7. The quantitative estimate of drug-likeness (QED) is 0.317. The lowest BCUT2D eigenvalue weighted by molar-refractivity contribution is -0.134. The summed E-state index contributed by atoms with van der Waals surface area (Å²) >= 11 is 0. The van der Waals surface area contributed by atoms with Crippen LogP contribution in [0.3, 0.4) is 0 Å². The standard InChI is InChI=1S/C21H27NO.C4H4O4/c1-22(2)17-9-4-3-6-10-18-13-15-20(16-14-18)21(23)19-11-7-5-8-12-19;5-3(6)1-2-4(7)8/h5,7-8,11-16H,3-4,6,9-10,17H2,1-2H3;1-2H,(H,5,6)(H,7,8). The lowest BCUT2D eigenvalue weighted by atomic mass is 10.00. The number of carboxylic acid groups (broad SMARTS) is 2. The van der Waals surface area contributed by atoms with Gasteiger partial charge in [-0.2, -0.15) is 0 Å². The number of rotatable bonds is 11. The van der Waals surface area contributed by atoms with Crippen LogP contribution in [0.5, 0.6) is 0 Å². The Labute approximate surface area is 183 Å². The fourth-order valence-corrected chi connectivity index (χ4v) is 2.83. The normalized spacial score (nSPS) is 10.5. The number of aryl methyl sites for hydroxylation is 1. The molecule has 6 heteroatoms. The summed E-state index contributed by atoms with van der Waals surface area (Å²) in [5, 5.41) is 15.6. The molecule has 2 aromatic carbocycles. The zero-order chi connectivity index (χ0) is 23.1. The summed E-state index contributed by atoms with van der Waals surface area (Å²) in [6.45, 7) is 1.18. The number of hydrogen-bond donors (Lipinski definition) is 2. The highest BCUT2D eigenvalue weighted by Crippen LogP contribution is 2.13. The van der Waals surface area contributed by atoms with Gasteiger partial charge in [0.05, 0.1) is 0 Å². The van der Waals surface area contributed by atoms with E-state index in [-0.39, 0.29) is 5.78 Å². The van der Waals surface area contributed by atoms with Gasteiger partial charge in [-0.3, -0.25) is 4.79 Å². The minimum Gasteiger partial charge on any atom is -0.478 e. The van der Waals surface area contributed by atoms with Gasteiger partial charge in [0, 0.05) is 23.3 Å². The van der Waals surface area contributed by atoms with Gasteiger partial charge < -0.3 is 15.1 Å². The van der Waals surface area contributed by atoms with Gasteiger partial charge in [0.25, 0.3) is 0 Å². The maximum Gasteiger partial charge on any atom is 0.328 e. The molecular formula is C25H31NO5. The SMILES string of the molecule is CN(C)CCCCCCc1ccc(C(=O)c2ccccc2)cc1.O=C(O)C=CC(=O)O. The van der Waals surface area contributed by atoms with Crippen LogP contribution in [0.1, 0.15) is 47.2 Å². The second-order valence-corrected chi connectivity index (χ2v) is 7.37. The molecule has 0 aromatic heterocycles. The Morgan fingerprint density at radius 1 is 0.742 bits per heavy atom. The van der Waals surface area contributed by atoms with E-state index in [9.17, 15) is 14.4 Å². The zero-order valence-corrected chi connectivity index (χ0v) is 18.2. The molecule has 0 radical (unpaired) electrons. The van der Waals surface area contributed by atoms with Crippen LogP contribution >= 0.6 is 0 Å². The van der Waals surface area contributed by atoms with E-state index in [0.29, 0.717) is 12.2 Å². The molecule has 166 valence electrons. The van der Waals surface area contributed by atoms with E-state index < -0.39 is 11.9 Å². The van der Waals surface area contributed by atoms with Gasteiger partial charge in [0.1, 0.15) is 0 Å². The number of carbonyl (C=O) groups excluding carboxylic acids is 1. The van der Waals surface area contributed by atoms with Gasteiger partial charge in [-0.25, -0.2) is 9.59 Å². The van der Waals surface area contributed by atoms with E-state index in [1.807, 2.05) is 42.5 Å². The van der Waals surface area contributed by atoms with Crippen LogP contribution in [0.4, 0.5) is 0 Å². The number of hydrogen-bond acceptors (Lipinski definition) is 4. The molecule has 0 amide bonds. The third-order valence-corrected chi connectivity index (χ3v) is 4.44. The summed E-state index contributed by atoms with van der Waals surface area (Å²) in [5.41, 5.74) is 2.84. The fourth-order valence-electron chi connectivity index (χ4n) is 2.83. The minimum atomic E-state index is -1.26. The number of carboxylic acids is 2. The van der Waals surface area contributed by atoms with Crippen molar-refractivity contribution in [2.75, 3.05) is 20.6 Å². The summed E-state index contributed by atoms with van der Waals surface area (Å²) in [7, 11) is 4.25. The third-order valence-electron chi connectivity index (χ3n) is 4.44. The molecule has 2 N–H and O–H groups in total. The van der Waals surface area contributed by atoms with Crippen LogP contribution in [0.25, 0.3) is 0 Å². The van der Waals surface area contributed by atoms with Crippen molar-refractivity contribution in [3.8, 4) is 0 Å². The first-order valence-corrected chi connectivity index (χ1v) is 10.3. The maximum atomic E-state index is 12.3. The van der Waals surface area contributed by atoms with Gasteiger partial charge in [-0.1, -0.05) is 67.4 Å². The summed E-state index contributed by atoms with van der Waals surface area (Å²) in [6, 6.07) is 17.6. The van der Waals surface area contributed by atoms with Gasteiger partial charge in [-0.15, -0.1) is 0 Å². The first-order chi connectivity index (χ1) is 14.8. The summed E-state index contributed by atoms with van der Waals surface area (Å²) in [4.78, 5) is 33.7. The molecule has 0 aliphatic rings. The molecule has 0 saturated carbocycles. The maximum absolute atomic E-state index is 12.3. The monoisotopic (exact) mass is 425 g/mol. The Kier molecular flexibility index (Phi) is 12.2. The van der Waals surface area contributed by atoms with Crippen LogP contribution in [0.2, 0.25) is 0 Å². The largest absolute Gasteiger partial charge is 0.478 e. The van der Waals surface area contributed by atoms with Crippen molar-refractivity contribution in [1.29, 1.82) is 0 Å². The number of carbonyl (C=O) groups is 3. The van der Waals surface area contributed by atoms with Crippen molar-refractivity contribution < 1.29 is 24.6 Å². The summed E-state index contributed by atoms with van der Waals surface area (Å²) in [5.74, 6) is -2.42. The van der Waals surface area contributed by atoms with Crippen LogP contribution in [-0.2, 0) is 16.0 Å². The molecule has 0 spiro atoms. The number of nitrogens with zero attached hydrogens (tertiary/aromatic N) is 1. The average Bonchev–Trinajstić information content (AvgIpc) is 2.75. The predicted molar refractivity (Wildman–Crippen MR) is 121 cm³/mol. The Morgan fingerprint density at radius 2 is 1.26 bits per heavy atom. The van der Waals surface area contributed by atoms with Crippen LogP contribution in [0, 0.1) is 0 Å². The summed E-state index contributed by atoms with van der Waals surface area (Å²) < 4.78 is 0. The molecule has 0 heterocycles. The first kappa shape index (κ1) is 25.8. The molecule has 0 aliphatic heterocycles. The van der Waals surface area contributed by atoms with E-state index >= 15 is 0 Å². The topological polar surface area (TPSA) is 94.9 Å². The number of benzene rings is 2. The molecule has 0 bridgehead atoms. The molecular weight excluding hydrogens is 394 g/mol. The lowest BCUT2D eigenvalue weighted by Crippen LogP contribution is -2.12. The molecule has 0 fully saturated rings. The molecule has 2 rings (SSSR count). The Bertz CT molecular complexity index is 826. The smallest absolute Gasteiger partial charge is 0.328 e. The lowest BCUT2D eigenvalue weighted by Gasteiger charge is -2.08. The highest BCUT2D eigenvalue weighted by Gasteiger charge is 2.07. The zero-order valence-electron chi connectivity index (χ0n) is 18.2. The van der Waals surface area contributed by atoms with Gasteiger partial charge in [0.2, 0.25) is 0 Å². The molecule has 31 heavy (non-hydrogen) atoms. The number of unbranched alkanes of at least 4 members (excludes halogenated alkanes) is 3. The van der Waals surface area contributed by atoms with Crippen molar-refractivity contribution in [3.63, 3.8) is 0 Å². The second-order valence-electron chi connectivity index (χ2n) is 7.37. The van der Waals surface area contributed by atoms with Crippen molar-refractivity contribution in [2.24, 2.45) is 0 Å². The highest BCUT2D eigenvalue weighted by molar-refractivity contribution is 6.08. The Hall–Kier alpha value is -3.25. The van der Waals surface area contributed by atoms with E-state index in [1.165, 1.54) is 37.8 Å². The van der Waals surface area contributed by atoms with Crippen LogP contribution < -0.4 is 0 Å². The van der Waals surface area contributed by atoms with Crippen LogP contribution in [0.15, 0.2) is 66.7 Å². The van der Waals surface area contributed by atoms with Gasteiger partial charge in [0.15, 0.2) is 5.78 Å². The molecule has 0 saturated heterocycles. The van der Waals surface area contributed by atoms with E-state index in [0.717, 1.165) is 17.5 Å². The highest BCUT2D eigenvalue weighted by atomic mass is 16.4. The summed E-state index contributed by atoms with van der Waals surface area (Å²) in [6.07, 6.45) is 7.28. The van der Waals surface area contributed by atoms with E-state index in [2.05, 4.69) is 31.1 Å². The molecule has 6 nitrogen and oxygen atoms in total. The number of ketones is 1. The molecule has 0 aliphatic carbocycles. The predicted octanol–water partition coefficient (Wildman–Crippen LogP) is 4.29. The average molecular weight is 426 g/mol. The van der Waals surface area contributed by atoms with Gasteiger partial charge >= 0.3 is 11.9 Å². The fraction of sp³-hybridized carbons (Fsp3) is 0.320.